The van der Waals surface area contributed by atoms with Crippen LogP contribution in [0.25, 0.3) is 0 Å². The van der Waals surface area contributed by atoms with Gasteiger partial charge in [-0.1, -0.05) is 13.3 Å². The Morgan fingerprint density at radius 1 is 1.53 bits per heavy atom. The highest BCUT2D eigenvalue weighted by Gasteiger charge is 2.19. The molecule has 0 heterocycles. The maximum atomic E-state index is 11.2. The minimum atomic E-state index is -0.415. The third-order valence-corrected chi connectivity index (χ3v) is 2.37. The van der Waals surface area contributed by atoms with Gasteiger partial charge in [0.1, 0.15) is 5.75 Å². The van der Waals surface area contributed by atoms with E-state index in [0.29, 0.717) is 17.7 Å². The SMILES string of the molecule is CCCC(C(N)=O)c1cc(O)ccc1N. The number of benzene rings is 1. The number of nitrogen functional groups attached to an aromatic ring is 1. The van der Waals surface area contributed by atoms with Crippen LogP contribution < -0.4 is 11.5 Å². The van der Waals surface area contributed by atoms with Gasteiger partial charge in [0.05, 0.1) is 5.92 Å². The molecule has 4 nitrogen and oxygen atoms in total. The van der Waals surface area contributed by atoms with Crippen molar-refractivity contribution in [1.29, 1.82) is 0 Å². The normalized spacial score (nSPS) is 12.3. The topological polar surface area (TPSA) is 89.3 Å². The molecule has 82 valence electrons. The Hall–Kier alpha value is -1.71. The number of hydrogen-bond acceptors (Lipinski definition) is 3. The number of carbonyl (C=O) groups excluding carboxylic acids is 1. The van der Waals surface area contributed by atoms with E-state index in [2.05, 4.69) is 0 Å². The molecule has 1 aromatic carbocycles. The van der Waals surface area contributed by atoms with E-state index >= 15 is 0 Å². The molecule has 0 aliphatic heterocycles. The van der Waals surface area contributed by atoms with Crippen LogP contribution >= 0.6 is 0 Å². The summed E-state index contributed by atoms with van der Waals surface area (Å²) in [6, 6.07) is 4.57. The number of primary amides is 1. The molecule has 15 heavy (non-hydrogen) atoms. The average molecular weight is 208 g/mol. The number of carbonyl (C=O) groups is 1. The molecule has 4 heteroatoms. The Bertz CT molecular complexity index is 364. The van der Waals surface area contributed by atoms with Crippen LogP contribution in [0.3, 0.4) is 0 Å². The zero-order valence-corrected chi connectivity index (χ0v) is 8.73. The third kappa shape index (κ3) is 2.62. The predicted octanol–water partition coefficient (Wildman–Crippen LogP) is 1.34. The Morgan fingerprint density at radius 3 is 2.73 bits per heavy atom. The van der Waals surface area contributed by atoms with Gasteiger partial charge < -0.3 is 16.6 Å². The number of nitrogens with two attached hydrogens (primary N) is 2. The van der Waals surface area contributed by atoms with Gasteiger partial charge in [-0.05, 0) is 30.2 Å². The number of aromatic hydroxyl groups is 1. The molecule has 0 radical (unpaired) electrons. The molecular formula is C11H16N2O2. The molecule has 0 fully saturated rings. The van der Waals surface area contributed by atoms with E-state index in [1.54, 1.807) is 6.07 Å². The highest BCUT2D eigenvalue weighted by molar-refractivity contribution is 5.83. The van der Waals surface area contributed by atoms with Gasteiger partial charge in [0.2, 0.25) is 5.91 Å². The average Bonchev–Trinajstić information content (AvgIpc) is 2.18. The summed E-state index contributed by atoms with van der Waals surface area (Å²) in [5.74, 6) is -0.724. The van der Waals surface area contributed by atoms with Crippen molar-refractivity contribution in [1.82, 2.24) is 0 Å². The van der Waals surface area contributed by atoms with Crippen LogP contribution in [0.5, 0.6) is 5.75 Å². The second-order valence-electron chi connectivity index (χ2n) is 3.56. The van der Waals surface area contributed by atoms with Gasteiger partial charge in [-0.2, -0.15) is 0 Å². The zero-order valence-electron chi connectivity index (χ0n) is 8.73. The number of phenolic OH excluding ortho intramolecular Hbond substituents is 1. The maximum Gasteiger partial charge on any atom is 0.225 e. The first-order chi connectivity index (χ1) is 7.06. The Balaban J connectivity index is 3.09. The first-order valence-corrected chi connectivity index (χ1v) is 4.94. The van der Waals surface area contributed by atoms with Crippen molar-refractivity contribution in [2.24, 2.45) is 5.73 Å². The largest absolute Gasteiger partial charge is 0.508 e. The van der Waals surface area contributed by atoms with E-state index in [9.17, 15) is 9.90 Å². The predicted molar refractivity (Wildman–Crippen MR) is 59.4 cm³/mol. The lowest BCUT2D eigenvalue weighted by atomic mass is 9.92. The van der Waals surface area contributed by atoms with Crippen molar-refractivity contribution in [3.8, 4) is 5.75 Å². The standard InChI is InChI=1S/C11H16N2O2/c1-2-3-8(11(13)15)9-6-7(14)4-5-10(9)12/h4-6,8,14H,2-3,12H2,1H3,(H2,13,15). The van der Waals surface area contributed by atoms with Crippen LogP contribution in [0.15, 0.2) is 18.2 Å². The molecule has 0 saturated carbocycles. The van der Waals surface area contributed by atoms with Gasteiger partial charge in [0, 0.05) is 5.69 Å². The van der Waals surface area contributed by atoms with Gasteiger partial charge >= 0.3 is 0 Å². The van der Waals surface area contributed by atoms with Crippen LogP contribution in [-0.4, -0.2) is 11.0 Å². The molecule has 0 spiro atoms. The monoisotopic (exact) mass is 208 g/mol. The molecular weight excluding hydrogens is 192 g/mol. The van der Waals surface area contributed by atoms with Gasteiger partial charge in [-0.3, -0.25) is 4.79 Å². The molecule has 0 aromatic heterocycles. The van der Waals surface area contributed by atoms with E-state index in [-0.39, 0.29) is 5.75 Å². The molecule has 0 aliphatic carbocycles. The van der Waals surface area contributed by atoms with Crippen molar-refractivity contribution in [3.63, 3.8) is 0 Å². The van der Waals surface area contributed by atoms with Crippen molar-refractivity contribution < 1.29 is 9.90 Å². The van der Waals surface area contributed by atoms with Gasteiger partial charge in [-0.15, -0.1) is 0 Å². The fourth-order valence-electron chi connectivity index (χ4n) is 1.60. The second kappa shape index (κ2) is 4.68. The molecule has 1 aromatic rings. The van der Waals surface area contributed by atoms with Gasteiger partial charge in [0.25, 0.3) is 0 Å². The van der Waals surface area contributed by atoms with Crippen LogP contribution in [0, 0.1) is 0 Å². The molecule has 0 bridgehead atoms. The lowest BCUT2D eigenvalue weighted by molar-refractivity contribution is -0.119. The molecule has 1 atom stereocenters. The minimum absolute atomic E-state index is 0.0987. The van der Waals surface area contributed by atoms with Crippen molar-refractivity contribution in [2.45, 2.75) is 25.7 Å². The number of rotatable bonds is 4. The lowest BCUT2D eigenvalue weighted by Crippen LogP contribution is -2.22. The van der Waals surface area contributed by atoms with Crippen LogP contribution in [0.4, 0.5) is 5.69 Å². The highest BCUT2D eigenvalue weighted by Crippen LogP contribution is 2.29. The number of phenols is 1. The van der Waals surface area contributed by atoms with Gasteiger partial charge in [0.15, 0.2) is 0 Å². The zero-order chi connectivity index (χ0) is 11.4. The fourth-order valence-corrected chi connectivity index (χ4v) is 1.60. The van der Waals surface area contributed by atoms with E-state index in [1.165, 1.54) is 12.1 Å². The van der Waals surface area contributed by atoms with Crippen LogP contribution in [-0.2, 0) is 4.79 Å². The maximum absolute atomic E-state index is 11.2. The Labute approximate surface area is 88.9 Å². The van der Waals surface area contributed by atoms with Gasteiger partial charge in [-0.25, -0.2) is 0 Å². The number of hydrogen-bond donors (Lipinski definition) is 3. The summed E-state index contributed by atoms with van der Waals surface area (Å²) < 4.78 is 0. The fraction of sp³-hybridized carbons (Fsp3) is 0.364. The molecule has 5 N–H and O–H groups in total. The summed E-state index contributed by atoms with van der Waals surface area (Å²) in [5.41, 5.74) is 12.1. The summed E-state index contributed by atoms with van der Waals surface area (Å²) in [7, 11) is 0. The third-order valence-electron chi connectivity index (χ3n) is 2.37. The van der Waals surface area contributed by atoms with E-state index in [0.717, 1.165) is 6.42 Å². The summed E-state index contributed by atoms with van der Waals surface area (Å²) >= 11 is 0. The summed E-state index contributed by atoms with van der Waals surface area (Å²) in [6.07, 6.45) is 1.48. The van der Waals surface area contributed by atoms with E-state index in [4.69, 9.17) is 11.5 Å². The smallest absolute Gasteiger partial charge is 0.225 e. The second-order valence-corrected chi connectivity index (χ2v) is 3.56. The molecule has 1 unspecified atom stereocenters. The van der Waals surface area contributed by atoms with Crippen LogP contribution in [0.1, 0.15) is 31.2 Å². The summed E-state index contributed by atoms with van der Waals surface area (Å²) in [6.45, 7) is 1.97. The minimum Gasteiger partial charge on any atom is -0.508 e. The Morgan fingerprint density at radius 2 is 2.20 bits per heavy atom. The number of anilines is 1. The quantitative estimate of drug-likeness (QED) is 0.515. The van der Waals surface area contributed by atoms with Crippen molar-refractivity contribution >= 4 is 11.6 Å². The van der Waals surface area contributed by atoms with E-state index < -0.39 is 11.8 Å². The first kappa shape index (κ1) is 11.4. The lowest BCUT2D eigenvalue weighted by Gasteiger charge is -2.15. The van der Waals surface area contributed by atoms with Crippen molar-refractivity contribution in [3.05, 3.63) is 23.8 Å². The first-order valence-electron chi connectivity index (χ1n) is 4.94. The number of amides is 1. The Kier molecular flexibility index (Phi) is 3.55. The molecule has 1 rings (SSSR count). The summed E-state index contributed by atoms with van der Waals surface area (Å²) in [5, 5.41) is 9.33. The molecule has 0 saturated heterocycles. The molecule has 0 aliphatic rings. The van der Waals surface area contributed by atoms with E-state index in [1.807, 2.05) is 6.92 Å². The van der Waals surface area contributed by atoms with Crippen LogP contribution in [0.2, 0.25) is 0 Å². The molecule has 1 amide bonds. The highest BCUT2D eigenvalue weighted by atomic mass is 16.3. The van der Waals surface area contributed by atoms with Crippen molar-refractivity contribution in [2.75, 3.05) is 5.73 Å². The summed E-state index contributed by atoms with van der Waals surface area (Å²) in [4.78, 5) is 11.2.